The second-order valence-electron chi connectivity index (χ2n) is 4.60. The summed E-state index contributed by atoms with van der Waals surface area (Å²) in [4.78, 5) is 22.8. The van der Waals surface area contributed by atoms with E-state index >= 15 is 0 Å². The minimum Gasteiger partial charge on any atom is -0.467 e. The number of nitrogens with one attached hydrogen (secondary N) is 1. The van der Waals surface area contributed by atoms with Gasteiger partial charge in [-0.1, -0.05) is 24.3 Å². The van der Waals surface area contributed by atoms with Crippen LogP contribution in [0.4, 0.5) is 0 Å². The molecule has 0 aliphatic carbocycles. The highest BCUT2D eigenvalue weighted by Gasteiger charge is 2.18. The first-order chi connectivity index (χ1) is 11.1. The second-order valence-corrected chi connectivity index (χ2v) is 4.60. The molecule has 122 valence electrons. The zero-order valence-corrected chi connectivity index (χ0v) is 12.5. The third-order valence-corrected chi connectivity index (χ3v) is 3.03. The van der Waals surface area contributed by atoms with E-state index in [9.17, 15) is 9.59 Å². The summed E-state index contributed by atoms with van der Waals surface area (Å²) in [5.74, 6) is 0.169. The summed E-state index contributed by atoms with van der Waals surface area (Å²) in [7, 11) is 1.18. The lowest BCUT2D eigenvalue weighted by Crippen LogP contribution is -2.43. The van der Waals surface area contributed by atoms with Gasteiger partial charge < -0.3 is 24.6 Å². The minimum absolute atomic E-state index is 0.217. The summed E-state index contributed by atoms with van der Waals surface area (Å²) in [6.07, 6.45) is 6.22. The number of esters is 1. The Morgan fingerprint density at radius 2 is 2.13 bits per heavy atom. The number of hydrogen-bond donors (Lipinski definition) is 2. The average molecular weight is 319 g/mol. The molecule has 0 fully saturated rings. The van der Waals surface area contributed by atoms with E-state index in [2.05, 4.69) is 10.1 Å². The molecule has 0 unspecified atom stereocenters. The SMILES string of the molecule is COC(=O)[C@H](CO)NC(=O)/C=C/C=C/c1ccc2c(c1)OCO2. The van der Waals surface area contributed by atoms with Crippen molar-refractivity contribution in [2.24, 2.45) is 0 Å². The predicted molar refractivity (Wildman–Crippen MR) is 81.8 cm³/mol. The van der Waals surface area contributed by atoms with Gasteiger partial charge in [0.1, 0.15) is 0 Å². The number of benzene rings is 1. The average Bonchev–Trinajstić information content (AvgIpc) is 3.03. The molecule has 0 saturated carbocycles. The zero-order chi connectivity index (χ0) is 16.7. The molecule has 2 N–H and O–H groups in total. The van der Waals surface area contributed by atoms with Gasteiger partial charge in [-0.2, -0.15) is 0 Å². The van der Waals surface area contributed by atoms with Gasteiger partial charge in [0.2, 0.25) is 12.7 Å². The third-order valence-electron chi connectivity index (χ3n) is 3.03. The Morgan fingerprint density at radius 3 is 2.87 bits per heavy atom. The van der Waals surface area contributed by atoms with E-state index in [1.54, 1.807) is 18.2 Å². The molecule has 0 spiro atoms. The maximum absolute atomic E-state index is 11.6. The van der Waals surface area contributed by atoms with E-state index in [0.29, 0.717) is 11.5 Å². The van der Waals surface area contributed by atoms with E-state index in [0.717, 1.165) is 5.56 Å². The van der Waals surface area contributed by atoms with Gasteiger partial charge in [0.05, 0.1) is 13.7 Å². The summed E-state index contributed by atoms with van der Waals surface area (Å²) in [5, 5.41) is 11.3. The topological polar surface area (TPSA) is 94.1 Å². The molecule has 1 atom stereocenters. The molecule has 1 aromatic rings. The number of aliphatic hydroxyl groups excluding tert-OH is 1. The lowest BCUT2D eigenvalue weighted by molar-refractivity contribution is -0.145. The number of hydrogen-bond acceptors (Lipinski definition) is 6. The molecule has 1 aromatic carbocycles. The van der Waals surface area contributed by atoms with Crippen molar-refractivity contribution in [1.29, 1.82) is 0 Å². The molecule has 0 bridgehead atoms. The Kier molecular flexibility index (Phi) is 5.76. The van der Waals surface area contributed by atoms with E-state index in [-0.39, 0.29) is 6.79 Å². The smallest absolute Gasteiger partial charge is 0.330 e. The van der Waals surface area contributed by atoms with Crippen LogP contribution in [0.15, 0.2) is 36.4 Å². The number of carbonyl (C=O) groups is 2. The molecular formula is C16H17NO6. The van der Waals surface area contributed by atoms with E-state index < -0.39 is 24.5 Å². The maximum Gasteiger partial charge on any atom is 0.330 e. The molecule has 0 radical (unpaired) electrons. The Balaban J connectivity index is 1.88. The standard InChI is InChI=1S/C16H17NO6/c1-21-16(20)12(9-18)17-15(19)5-3-2-4-11-6-7-13-14(8-11)23-10-22-13/h2-8,12,18H,9-10H2,1H3,(H,17,19)/b4-2+,5-3+/t12-/m0/s1. The number of fused-ring (bicyclic) bond motifs is 1. The van der Waals surface area contributed by atoms with Gasteiger partial charge in [-0.05, 0) is 17.7 Å². The van der Waals surface area contributed by atoms with Gasteiger partial charge in [0, 0.05) is 6.08 Å². The second kappa shape index (κ2) is 8.00. The fraction of sp³-hybridized carbons (Fsp3) is 0.250. The highest BCUT2D eigenvalue weighted by atomic mass is 16.7. The summed E-state index contributed by atoms with van der Waals surface area (Å²) >= 11 is 0. The normalized spacial score (nSPS) is 14.2. The highest BCUT2D eigenvalue weighted by Crippen LogP contribution is 2.32. The molecule has 7 nitrogen and oxygen atoms in total. The molecule has 1 heterocycles. The van der Waals surface area contributed by atoms with E-state index in [1.807, 2.05) is 12.1 Å². The van der Waals surface area contributed by atoms with Gasteiger partial charge in [-0.3, -0.25) is 4.79 Å². The lowest BCUT2D eigenvalue weighted by Gasteiger charge is -2.11. The first-order valence-corrected chi connectivity index (χ1v) is 6.87. The molecule has 0 aromatic heterocycles. The van der Waals surface area contributed by atoms with Crippen LogP contribution >= 0.6 is 0 Å². The predicted octanol–water partition coefficient (Wildman–Crippen LogP) is 0.635. The van der Waals surface area contributed by atoms with Crippen LogP contribution in [-0.4, -0.2) is 43.5 Å². The summed E-state index contributed by atoms with van der Waals surface area (Å²) in [6.45, 7) is -0.311. The molecule has 1 aliphatic heterocycles. The minimum atomic E-state index is -1.07. The van der Waals surface area contributed by atoms with Crippen molar-refractivity contribution >= 4 is 18.0 Å². The fourth-order valence-electron chi connectivity index (χ4n) is 1.87. The van der Waals surface area contributed by atoms with Crippen LogP contribution in [-0.2, 0) is 14.3 Å². The van der Waals surface area contributed by atoms with Gasteiger partial charge in [0.15, 0.2) is 17.5 Å². The Labute approximate surface area is 133 Å². The first kappa shape index (κ1) is 16.6. The van der Waals surface area contributed by atoms with Crippen LogP contribution < -0.4 is 14.8 Å². The summed E-state index contributed by atoms with van der Waals surface area (Å²) in [6, 6.07) is 4.42. The number of rotatable bonds is 6. The van der Waals surface area contributed by atoms with Gasteiger partial charge >= 0.3 is 5.97 Å². The molecule has 1 amide bonds. The summed E-state index contributed by atoms with van der Waals surface area (Å²) < 4.78 is 14.9. The highest BCUT2D eigenvalue weighted by molar-refractivity contribution is 5.91. The van der Waals surface area contributed by atoms with Crippen LogP contribution in [0.3, 0.4) is 0 Å². The largest absolute Gasteiger partial charge is 0.467 e. The molecule has 7 heteroatoms. The van der Waals surface area contributed by atoms with Crippen molar-refractivity contribution in [2.45, 2.75) is 6.04 Å². The van der Waals surface area contributed by atoms with Crippen molar-refractivity contribution in [3.63, 3.8) is 0 Å². The number of ether oxygens (including phenoxy) is 3. The maximum atomic E-state index is 11.6. The lowest BCUT2D eigenvalue weighted by atomic mass is 10.2. The third kappa shape index (κ3) is 4.58. The van der Waals surface area contributed by atoms with Crippen LogP contribution in [0, 0.1) is 0 Å². The van der Waals surface area contributed by atoms with Gasteiger partial charge in [-0.25, -0.2) is 4.79 Å². The van der Waals surface area contributed by atoms with E-state index in [1.165, 1.54) is 19.3 Å². The molecule has 23 heavy (non-hydrogen) atoms. The Bertz CT molecular complexity index is 637. The number of amides is 1. The van der Waals surface area contributed by atoms with Crippen LogP contribution in [0.25, 0.3) is 6.08 Å². The molecule has 1 aliphatic rings. The fourth-order valence-corrected chi connectivity index (χ4v) is 1.87. The number of allylic oxidation sites excluding steroid dienone is 2. The van der Waals surface area contributed by atoms with E-state index in [4.69, 9.17) is 14.6 Å². The number of methoxy groups -OCH3 is 1. The van der Waals surface area contributed by atoms with Crippen molar-refractivity contribution in [3.05, 3.63) is 42.0 Å². The van der Waals surface area contributed by atoms with Crippen LogP contribution in [0.2, 0.25) is 0 Å². The van der Waals surface area contributed by atoms with Crippen molar-refractivity contribution in [1.82, 2.24) is 5.32 Å². The first-order valence-electron chi connectivity index (χ1n) is 6.87. The van der Waals surface area contributed by atoms with Crippen molar-refractivity contribution in [3.8, 4) is 11.5 Å². The molecular weight excluding hydrogens is 302 g/mol. The van der Waals surface area contributed by atoms with Crippen LogP contribution in [0.5, 0.6) is 11.5 Å². The number of carbonyl (C=O) groups excluding carboxylic acids is 2. The monoisotopic (exact) mass is 319 g/mol. The van der Waals surface area contributed by atoms with Crippen LogP contribution in [0.1, 0.15) is 5.56 Å². The number of aliphatic hydroxyl groups is 1. The van der Waals surface area contributed by atoms with Crippen molar-refractivity contribution in [2.75, 3.05) is 20.5 Å². The Hall–Kier alpha value is -2.80. The zero-order valence-electron chi connectivity index (χ0n) is 12.5. The van der Waals surface area contributed by atoms with Gasteiger partial charge in [-0.15, -0.1) is 0 Å². The summed E-state index contributed by atoms with van der Waals surface area (Å²) in [5.41, 5.74) is 0.891. The molecule has 0 saturated heterocycles. The molecule has 2 rings (SSSR count). The Morgan fingerprint density at radius 1 is 1.35 bits per heavy atom. The quantitative estimate of drug-likeness (QED) is 0.454. The van der Waals surface area contributed by atoms with Crippen molar-refractivity contribution < 1.29 is 28.9 Å². The van der Waals surface area contributed by atoms with Gasteiger partial charge in [0.25, 0.3) is 0 Å².